The van der Waals surface area contributed by atoms with Gasteiger partial charge in [0.2, 0.25) is 5.91 Å². The summed E-state index contributed by atoms with van der Waals surface area (Å²) in [4.78, 5) is 23.3. The minimum atomic E-state index is -0.381. The Morgan fingerprint density at radius 3 is 2.50 bits per heavy atom. The third kappa shape index (κ3) is 4.34. The Morgan fingerprint density at radius 2 is 1.91 bits per heavy atom. The molecule has 0 aliphatic heterocycles. The second kappa shape index (κ2) is 7.26. The second-order valence-corrected chi connectivity index (χ2v) is 4.57. The monoisotopic (exact) mass is 299 g/mol. The molecule has 2 aromatic rings. The molecule has 0 aliphatic rings. The first-order valence-electron chi connectivity index (χ1n) is 6.91. The number of carbonyl (C=O) groups excluding carboxylic acids is 2. The van der Waals surface area contributed by atoms with Gasteiger partial charge in [0, 0.05) is 11.8 Å². The highest BCUT2D eigenvalue weighted by Crippen LogP contribution is 2.12. The molecule has 1 aromatic heterocycles. The fourth-order valence-electron chi connectivity index (χ4n) is 1.79. The van der Waals surface area contributed by atoms with E-state index < -0.39 is 0 Å². The third-order valence-electron chi connectivity index (χ3n) is 2.82. The van der Waals surface area contributed by atoms with Gasteiger partial charge in [0.1, 0.15) is 11.5 Å². The molecule has 22 heavy (non-hydrogen) atoms. The highest BCUT2D eigenvalue weighted by atomic mass is 16.5. The van der Waals surface area contributed by atoms with Gasteiger partial charge in [-0.3, -0.25) is 4.79 Å². The maximum Gasteiger partial charge on any atom is 0.338 e. The topological polar surface area (TPSA) is 68.5 Å². The van der Waals surface area contributed by atoms with Gasteiger partial charge in [-0.05, 0) is 56.3 Å². The van der Waals surface area contributed by atoms with Crippen LogP contribution in [0.25, 0.3) is 6.08 Å². The summed E-state index contributed by atoms with van der Waals surface area (Å²) >= 11 is 0. The quantitative estimate of drug-likeness (QED) is 0.678. The normalized spacial score (nSPS) is 10.6. The molecular formula is C17H17NO4. The van der Waals surface area contributed by atoms with Crippen molar-refractivity contribution in [3.63, 3.8) is 0 Å². The maximum absolute atomic E-state index is 11.8. The van der Waals surface area contributed by atoms with Crippen LogP contribution >= 0.6 is 0 Å². The van der Waals surface area contributed by atoms with Crippen molar-refractivity contribution in [3.8, 4) is 0 Å². The first-order chi connectivity index (χ1) is 10.6. The second-order valence-electron chi connectivity index (χ2n) is 4.57. The van der Waals surface area contributed by atoms with Gasteiger partial charge in [0.15, 0.2) is 0 Å². The van der Waals surface area contributed by atoms with Gasteiger partial charge in [0.05, 0.1) is 12.2 Å². The first-order valence-corrected chi connectivity index (χ1v) is 6.91. The summed E-state index contributed by atoms with van der Waals surface area (Å²) in [6, 6.07) is 10.1. The van der Waals surface area contributed by atoms with Crippen molar-refractivity contribution in [3.05, 3.63) is 59.6 Å². The van der Waals surface area contributed by atoms with Gasteiger partial charge in [0.25, 0.3) is 0 Å². The lowest BCUT2D eigenvalue weighted by Gasteiger charge is -2.04. The van der Waals surface area contributed by atoms with Crippen LogP contribution in [-0.4, -0.2) is 18.5 Å². The molecule has 0 unspecified atom stereocenters. The zero-order valence-electron chi connectivity index (χ0n) is 12.5. The lowest BCUT2D eigenvalue weighted by atomic mass is 10.2. The number of benzene rings is 1. The molecule has 1 heterocycles. The van der Waals surface area contributed by atoms with E-state index in [1.807, 2.05) is 13.0 Å². The van der Waals surface area contributed by atoms with Crippen LogP contribution in [0.15, 0.2) is 46.9 Å². The summed E-state index contributed by atoms with van der Waals surface area (Å²) in [5.74, 6) is 0.742. The molecule has 0 radical (unpaired) electrons. The van der Waals surface area contributed by atoms with E-state index in [1.54, 1.807) is 43.3 Å². The van der Waals surface area contributed by atoms with Crippen molar-refractivity contribution in [2.24, 2.45) is 0 Å². The lowest BCUT2D eigenvalue weighted by Crippen LogP contribution is -2.08. The Bertz CT molecular complexity index is 683. The molecule has 5 nitrogen and oxygen atoms in total. The molecule has 1 N–H and O–H groups in total. The van der Waals surface area contributed by atoms with E-state index in [2.05, 4.69) is 5.32 Å². The molecule has 1 aromatic carbocycles. The van der Waals surface area contributed by atoms with Crippen LogP contribution in [0.3, 0.4) is 0 Å². The number of rotatable bonds is 5. The number of furan rings is 1. The average Bonchev–Trinajstić information content (AvgIpc) is 2.92. The predicted molar refractivity (Wildman–Crippen MR) is 83.5 cm³/mol. The number of hydrogen-bond acceptors (Lipinski definition) is 4. The molecule has 0 saturated carbocycles. The number of ether oxygens (including phenoxy) is 1. The summed E-state index contributed by atoms with van der Waals surface area (Å²) in [6.07, 6.45) is 2.98. The number of amides is 1. The van der Waals surface area contributed by atoms with Crippen molar-refractivity contribution in [2.45, 2.75) is 13.8 Å². The van der Waals surface area contributed by atoms with Crippen LogP contribution in [0.1, 0.15) is 28.8 Å². The summed E-state index contributed by atoms with van der Waals surface area (Å²) in [7, 11) is 0. The molecule has 0 saturated heterocycles. The van der Waals surface area contributed by atoms with Crippen molar-refractivity contribution in [1.29, 1.82) is 0 Å². The van der Waals surface area contributed by atoms with Gasteiger partial charge in [-0.25, -0.2) is 4.79 Å². The van der Waals surface area contributed by atoms with Gasteiger partial charge in [-0.15, -0.1) is 0 Å². The summed E-state index contributed by atoms with van der Waals surface area (Å²) in [6.45, 7) is 3.91. The van der Waals surface area contributed by atoms with Crippen LogP contribution in [0, 0.1) is 6.92 Å². The Balaban J connectivity index is 1.94. The van der Waals surface area contributed by atoms with Crippen LogP contribution < -0.4 is 5.32 Å². The molecule has 0 atom stereocenters. The van der Waals surface area contributed by atoms with E-state index in [9.17, 15) is 9.59 Å². The standard InChI is InChI=1S/C17H17NO4/c1-3-21-17(20)13-5-7-14(8-6-13)18-16(19)11-10-15-9-4-12(2)22-15/h4-11H,3H2,1-2H3,(H,18,19)/b11-10+. The van der Waals surface area contributed by atoms with Gasteiger partial charge in [-0.2, -0.15) is 0 Å². The zero-order valence-corrected chi connectivity index (χ0v) is 12.5. The molecule has 5 heteroatoms. The van der Waals surface area contributed by atoms with Crippen molar-refractivity contribution < 1.29 is 18.7 Å². The minimum absolute atomic E-state index is 0.280. The molecule has 0 aliphatic carbocycles. The lowest BCUT2D eigenvalue weighted by molar-refractivity contribution is -0.111. The number of hydrogen-bond donors (Lipinski definition) is 1. The van der Waals surface area contributed by atoms with Crippen LogP contribution in [0.5, 0.6) is 0 Å². The third-order valence-corrected chi connectivity index (χ3v) is 2.82. The fourth-order valence-corrected chi connectivity index (χ4v) is 1.79. The van der Waals surface area contributed by atoms with Crippen molar-refractivity contribution in [2.75, 3.05) is 11.9 Å². The molecule has 114 valence electrons. The van der Waals surface area contributed by atoms with Gasteiger partial charge >= 0.3 is 5.97 Å². The molecular weight excluding hydrogens is 282 g/mol. The number of carbonyl (C=O) groups is 2. The highest BCUT2D eigenvalue weighted by molar-refractivity contribution is 6.02. The smallest absolute Gasteiger partial charge is 0.338 e. The summed E-state index contributed by atoms with van der Waals surface area (Å²) in [5.41, 5.74) is 1.04. The SMILES string of the molecule is CCOC(=O)c1ccc(NC(=O)/C=C/c2ccc(C)o2)cc1. The van der Waals surface area contributed by atoms with E-state index >= 15 is 0 Å². The number of nitrogens with one attached hydrogen (secondary N) is 1. The fraction of sp³-hybridized carbons (Fsp3) is 0.176. The predicted octanol–water partition coefficient (Wildman–Crippen LogP) is 3.42. The van der Waals surface area contributed by atoms with Crippen LogP contribution in [0.2, 0.25) is 0 Å². The number of aryl methyl sites for hydroxylation is 1. The molecule has 1 amide bonds. The van der Waals surface area contributed by atoms with E-state index in [4.69, 9.17) is 9.15 Å². The molecule has 0 fully saturated rings. The van der Waals surface area contributed by atoms with Crippen molar-refractivity contribution >= 4 is 23.6 Å². The van der Waals surface area contributed by atoms with Gasteiger partial charge in [-0.1, -0.05) is 0 Å². The van der Waals surface area contributed by atoms with E-state index in [1.165, 1.54) is 6.08 Å². The summed E-state index contributed by atoms with van der Waals surface area (Å²) < 4.78 is 10.2. The minimum Gasteiger partial charge on any atom is -0.462 e. The maximum atomic E-state index is 11.8. The van der Waals surface area contributed by atoms with Crippen LogP contribution in [-0.2, 0) is 9.53 Å². The van der Waals surface area contributed by atoms with Crippen LogP contribution in [0.4, 0.5) is 5.69 Å². The highest BCUT2D eigenvalue weighted by Gasteiger charge is 2.06. The zero-order chi connectivity index (χ0) is 15.9. The number of esters is 1. The largest absolute Gasteiger partial charge is 0.462 e. The Kier molecular flexibility index (Phi) is 5.14. The first kappa shape index (κ1) is 15.6. The van der Waals surface area contributed by atoms with Crippen molar-refractivity contribution in [1.82, 2.24) is 0 Å². The Labute approximate surface area is 128 Å². The molecule has 0 bridgehead atoms. The number of anilines is 1. The summed E-state index contributed by atoms with van der Waals surface area (Å²) in [5, 5.41) is 2.70. The average molecular weight is 299 g/mol. The Morgan fingerprint density at radius 1 is 1.18 bits per heavy atom. The molecule has 2 rings (SSSR count). The van der Waals surface area contributed by atoms with E-state index in [0.717, 1.165) is 5.76 Å². The van der Waals surface area contributed by atoms with Gasteiger partial charge < -0.3 is 14.5 Å². The van der Waals surface area contributed by atoms with E-state index in [0.29, 0.717) is 23.6 Å². The van der Waals surface area contributed by atoms with E-state index in [-0.39, 0.29) is 11.9 Å². The Hall–Kier alpha value is -2.82. The molecule has 0 spiro atoms.